The summed E-state index contributed by atoms with van der Waals surface area (Å²) in [5.41, 5.74) is 2.48. The highest BCUT2D eigenvalue weighted by molar-refractivity contribution is 7.89. The molecule has 0 saturated carbocycles. The van der Waals surface area contributed by atoms with Crippen molar-refractivity contribution in [3.05, 3.63) is 72.0 Å². The zero-order valence-electron chi connectivity index (χ0n) is 16.8. The van der Waals surface area contributed by atoms with Crippen molar-refractivity contribution < 1.29 is 22.3 Å². The summed E-state index contributed by atoms with van der Waals surface area (Å²) >= 11 is 0. The number of hydrogen-bond donors (Lipinski definition) is 2. The summed E-state index contributed by atoms with van der Waals surface area (Å²) in [5, 5.41) is 7.94. The quantitative estimate of drug-likeness (QED) is 0.454. The highest BCUT2D eigenvalue weighted by atomic mass is 32.2. The van der Waals surface area contributed by atoms with Crippen LogP contribution in [0.15, 0.2) is 65.6 Å². The third-order valence-corrected chi connectivity index (χ3v) is 6.26. The number of nitrogens with one attached hydrogen (secondary N) is 2. The first-order valence-electron chi connectivity index (χ1n) is 9.36. The Morgan fingerprint density at radius 1 is 1.03 bits per heavy atom. The van der Waals surface area contributed by atoms with Crippen LogP contribution in [0.3, 0.4) is 0 Å². The number of H-pyrrole nitrogens is 1. The van der Waals surface area contributed by atoms with Crippen LogP contribution >= 0.6 is 0 Å². The molecule has 1 heterocycles. The van der Waals surface area contributed by atoms with E-state index in [0.29, 0.717) is 33.8 Å². The summed E-state index contributed by atoms with van der Waals surface area (Å²) in [6.07, 6.45) is 0. The van der Waals surface area contributed by atoms with Crippen molar-refractivity contribution in [1.82, 2.24) is 14.9 Å². The number of nitrogens with zero attached hydrogens (tertiary/aromatic N) is 1. The van der Waals surface area contributed by atoms with Crippen LogP contribution in [-0.2, 0) is 16.6 Å². The Labute approximate surface area is 178 Å². The largest absolute Gasteiger partial charge is 0.497 e. The van der Waals surface area contributed by atoms with E-state index in [2.05, 4.69) is 14.9 Å². The SMILES string of the molecule is COc1cccc(S(=O)(=O)NCc2cc3c(-c4cccc(F)c4)n[nH]c3cc2OC)c1. The van der Waals surface area contributed by atoms with Crippen molar-refractivity contribution in [2.75, 3.05) is 14.2 Å². The van der Waals surface area contributed by atoms with Crippen molar-refractivity contribution in [3.8, 4) is 22.8 Å². The molecule has 1 aromatic heterocycles. The summed E-state index contributed by atoms with van der Waals surface area (Å²) < 4.78 is 52.3. The van der Waals surface area contributed by atoms with Crippen molar-refractivity contribution >= 4 is 20.9 Å². The lowest BCUT2D eigenvalue weighted by atomic mass is 10.0. The van der Waals surface area contributed by atoms with E-state index in [1.807, 2.05) is 0 Å². The first kappa shape index (κ1) is 20.8. The van der Waals surface area contributed by atoms with Crippen LogP contribution in [0.25, 0.3) is 22.2 Å². The summed E-state index contributed by atoms with van der Waals surface area (Å²) in [5.74, 6) is 0.573. The normalized spacial score (nSPS) is 11.6. The molecule has 0 aliphatic heterocycles. The maximum absolute atomic E-state index is 13.7. The number of hydrogen-bond acceptors (Lipinski definition) is 5. The Bertz CT molecular complexity index is 1350. The van der Waals surface area contributed by atoms with Crippen LogP contribution < -0.4 is 14.2 Å². The van der Waals surface area contributed by atoms with Gasteiger partial charge in [-0.1, -0.05) is 18.2 Å². The van der Waals surface area contributed by atoms with Gasteiger partial charge in [0.2, 0.25) is 10.0 Å². The van der Waals surface area contributed by atoms with E-state index < -0.39 is 10.0 Å². The second-order valence-electron chi connectivity index (χ2n) is 6.80. The molecule has 0 fully saturated rings. The summed E-state index contributed by atoms with van der Waals surface area (Å²) in [4.78, 5) is 0.0932. The summed E-state index contributed by atoms with van der Waals surface area (Å²) in [6, 6.07) is 15.9. The van der Waals surface area contributed by atoms with E-state index in [-0.39, 0.29) is 17.3 Å². The fraction of sp³-hybridized carbons (Fsp3) is 0.136. The van der Waals surface area contributed by atoms with Gasteiger partial charge in [0.15, 0.2) is 0 Å². The van der Waals surface area contributed by atoms with E-state index >= 15 is 0 Å². The van der Waals surface area contributed by atoms with Crippen LogP contribution in [0.5, 0.6) is 11.5 Å². The van der Waals surface area contributed by atoms with Crippen LogP contribution in [0, 0.1) is 5.82 Å². The third-order valence-electron chi connectivity index (χ3n) is 4.87. The van der Waals surface area contributed by atoms with Gasteiger partial charge in [-0.15, -0.1) is 0 Å². The van der Waals surface area contributed by atoms with Crippen molar-refractivity contribution in [3.63, 3.8) is 0 Å². The predicted octanol–water partition coefficient (Wildman–Crippen LogP) is 3.86. The monoisotopic (exact) mass is 441 g/mol. The zero-order chi connectivity index (χ0) is 22.0. The Balaban J connectivity index is 1.69. The maximum atomic E-state index is 13.7. The first-order chi connectivity index (χ1) is 14.9. The van der Waals surface area contributed by atoms with Gasteiger partial charge in [-0.3, -0.25) is 5.10 Å². The number of sulfonamides is 1. The fourth-order valence-electron chi connectivity index (χ4n) is 3.30. The second kappa shape index (κ2) is 8.37. The standard InChI is InChI=1S/C22H20FN3O4S/c1-29-17-7-4-8-18(11-17)31(27,28)24-13-15-10-19-20(12-21(15)30-2)25-26-22(19)14-5-3-6-16(23)9-14/h3-12,24H,13H2,1-2H3,(H,25,26). The van der Waals surface area contributed by atoms with Gasteiger partial charge in [0, 0.05) is 35.2 Å². The number of aromatic nitrogens is 2. The molecule has 0 aliphatic rings. The fourth-order valence-corrected chi connectivity index (χ4v) is 4.34. The van der Waals surface area contributed by atoms with E-state index in [1.54, 1.807) is 36.4 Å². The molecule has 31 heavy (non-hydrogen) atoms. The van der Waals surface area contributed by atoms with E-state index in [9.17, 15) is 12.8 Å². The van der Waals surface area contributed by atoms with Gasteiger partial charge in [-0.2, -0.15) is 5.10 Å². The lowest BCUT2D eigenvalue weighted by Gasteiger charge is -2.12. The minimum absolute atomic E-state index is 0.00751. The van der Waals surface area contributed by atoms with Crippen LogP contribution in [0.2, 0.25) is 0 Å². The molecule has 0 saturated heterocycles. The maximum Gasteiger partial charge on any atom is 0.241 e. The molecular formula is C22H20FN3O4S. The molecule has 7 nitrogen and oxygen atoms in total. The first-order valence-corrected chi connectivity index (χ1v) is 10.8. The number of methoxy groups -OCH3 is 2. The van der Waals surface area contributed by atoms with E-state index in [4.69, 9.17) is 9.47 Å². The van der Waals surface area contributed by atoms with E-state index in [1.165, 1.54) is 38.5 Å². The average molecular weight is 441 g/mol. The van der Waals surface area contributed by atoms with Crippen LogP contribution in [0.4, 0.5) is 4.39 Å². The predicted molar refractivity (Wildman–Crippen MR) is 115 cm³/mol. The number of halogens is 1. The summed E-state index contributed by atoms with van der Waals surface area (Å²) in [7, 11) is -0.805. The lowest BCUT2D eigenvalue weighted by Crippen LogP contribution is -2.23. The highest BCUT2D eigenvalue weighted by Crippen LogP contribution is 2.32. The van der Waals surface area contributed by atoms with Gasteiger partial charge in [0.05, 0.1) is 24.6 Å². The molecule has 160 valence electrons. The Morgan fingerprint density at radius 2 is 1.84 bits per heavy atom. The molecule has 0 spiro atoms. The Hall–Kier alpha value is -3.43. The molecule has 2 N–H and O–H groups in total. The number of rotatable bonds is 7. The molecule has 9 heteroatoms. The van der Waals surface area contributed by atoms with Gasteiger partial charge >= 0.3 is 0 Å². The minimum atomic E-state index is -3.78. The van der Waals surface area contributed by atoms with Crippen LogP contribution in [0.1, 0.15) is 5.56 Å². The number of fused-ring (bicyclic) bond motifs is 1. The molecule has 0 aliphatic carbocycles. The number of benzene rings is 3. The number of aromatic amines is 1. The zero-order valence-corrected chi connectivity index (χ0v) is 17.7. The molecule has 0 amide bonds. The third kappa shape index (κ3) is 4.23. The molecule has 0 unspecified atom stereocenters. The minimum Gasteiger partial charge on any atom is -0.497 e. The highest BCUT2D eigenvalue weighted by Gasteiger charge is 2.18. The number of ether oxygens (including phenoxy) is 2. The molecule has 0 atom stereocenters. The van der Waals surface area contributed by atoms with Gasteiger partial charge in [0.1, 0.15) is 23.0 Å². The molecule has 0 radical (unpaired) electrons. The van der Waals surface area contributed by atoms with Gasteiger partial charge in [-0.05, 0) is 30.3 Å². The molecule has 4 rings (SSSR count). The van der Waals surface area contributed by atoms with Crippen molar-refractivity contribution in [1.29, 1.82) is 0 Å². The molecule has 4 aromatic rings. The van der Waals surface area contributed by atoms with Crippen LogP contribution in [-0.4, -0.2) is 32.8 Å². The van der Waals surface area contributed by atoms with Crippen molar-refractivity contribution in [2.45, 2.75) is 11.4 Å². The Morgan fingerprint density at radius 3 is 2.58 bits per heavy atom. The van der Waals surface area contributed by atoms with Gasteiger partial charge in [-0.25, -0.2) is 17.5 Å². The summed E-state index contributed by atoms with van der Waals surface area (Å²) in [6.45, 7) is -0.00751. The lowest BCUT2D eigenvalue weighted by molar-refractivity contribution is 0.409. The van der Waals surface area contributed by atoms with Gasteiger partial charge < -0.3 is 9.47 Å². The molecule has 0 bridgehead atoms. The Kier molecular flexibility index (Phi) is 5.62. The smallest absolute Gasteiger partial charge is 0.241 e. The second-order valence-corrected chi connectivity index (χ2v) is 8.56. The molecular weight excluding hydrogens is 421 g/mol. The van der Waals surface area contributed by atoms with E-state index in [0.717, 1.165) is 5.39 Å². The average Bonchev–Trinajstić information content (AvgIpc) is 3.20. The topological polar surface area (TPSA) is 93.3 Å². The van der Waals surface area contributed by atoms with Gasteiger partial charge in [0.25, 0.3) is 0 Å². The van der Waals surface area contributed by atoms with Crippen molar-refractivity contribution in [2.24, 2.45) is 0 Å². The molecule has 3 aromatic carbocycles.